The summed E-state index contributed by atoms with van der Waals surface area (Å²) in [5, 5.41) is 0. The molecule has 0 saturated carbocycles. The lowest BCUT2D eigenvalue weighted by Gasteiger charge is -2.34. The zero-order valence-corrected chi connectivity index (χ0v) is 17.1. The van der Waals surface area contributed by atoms with Gasteiger partial charge in [0.2, 0.25) is 5.91 Å². The van der Waals surface area contributed by atoms with Gasteiger partial charge in [-0.25, -0.2) is 4.79 Å². The minimum atomic E-state index is -0.351. The van der Waals surface area contributed by atoms with Crippen LogP contribution < -0.4 is 0 Å². The highest BCUT2D eigenvalue weighted by Gasteiger charge is 2.33. The number of thioether (sulfide) groups is 1. The highest BCUT2D eigenvalue weighted by Crippen LogP contribution is 2.32. The Bertz CT molecular complexity index is 785. The van der Waals surface area contributed by atoms with E-state index >= 15 is 0 Å². The van der Waals surface area contributed by atoms with Gasteiger partial charge < -0.3 is 19.0 Å². The Morgan fingerprint density at radius 3 is 2.64 bits per heavy atom. The maximum Gasteiger partial charge on any atom is 0.409 e. The zero-order valence-electron chi connectivity index (χ0n) is 15.5. The average molecular weight is 424 g/mol. The third-order valence-corrected chi connectivity index (χ3v) is 5.78. The van der Waals surface area contributed by atoms with Gasteiger partial charge >= 0.3 is 6.09 Å². The first-order valence-electron chi connectivity index (χ1n) is 8.98. The van der Waals surface area contributed by atoms with E-state index in [-0.39, 0.29) is 30.9 Å². The number of nitrogens with zero attached hydrogens (tertiary/aromatic N) is 3. The topological polar surface area (TPSA) is 83.3 Å². The molecule has 3 rings (SSSR count). The van der Waals surface area contributed by atoms with Crippen LogP contribution in [0.25, 0.3) is 6.08 Å². The monoisotopic (exact) mass is 423 g/mol. The molecule has 1 aromatic heterocycles. The first kappa shape index (κ1) is 20.4. The standard InChI is InChI=1S/C18H21N3O5S2/c1-2-25-17(24)20-9-7-19(8-10-20)15(22)5-6-21-16(23)14(28-18(21)27)12-13-4-3-11-26-13/h3-4,11-12H,2,5-10H2,1H3/b14-12+. The van der Waals surface area contributed by atoms with Crippen LogP contribution in [0.2, 0.25) is 0 Å². The second-order valence-electron chi connectivity index (χ2n) is 6.17. The van der Waals surface area contributed by atoms with Crippen LogP contribution in [0.5, 0.6) is 0 Å². The van der Waals surface area contributed by atoms with E-state index in [4.69, 9.17) is 21.4 Å². The minimum Gasteiger partial charge on any atom is -0.465 e. The molecule has 2 fully saturated rings. The number of rotatable bonds is 5. The van der Waals surface area contributed by atoms with Gasteiger partial charge in [0.1, 0.15) is 10.1 Å². The highest BCUT2D eigenvalue weighted by molar-refractivity contribution is 8.26. The average Bonchev–Trinajstić information content (AvgIpc) is 3.29. The summed E-state index contributed by atoms with van der Waals surface area (Å²) < 4.78 is 10.6. The Labute approximate surface area is 172 Å². The van der Waals surface area contributed by atoms with Gasteiger partial charge in [-0.05, 0) is 19.1 Å². The van der Waals surface area contributed by atoms with E-state index in [9.17, 15) is 14.4 Å². The summed E-state index contributed by atoms with van der Waals surface area (Å²) in [6.45, 7) is 4.11. The Morgan fingerprint density at radius 1 is 1.29 bits per heavy atom. The number of furan rings is 1. The van der Waals surface area contributed by atoms with Crippen molar-refractivity contribution in [3.8, 4) is 0 Å². The Kier molecular flexibility index (Phi) is 6.74. The molecule has 0 spiro atoms. The number of hydrogen-bond acceptors (Lipinski definition) is 7. The molecule has 10 heteroatoms. The van der Waals surface area contributed by atoms with E-state index in [2.05, 4.69) is 0 Å². The lowest BCUT2D eigenvalue weighted by molar-refractivity contribution is -0.133. The number of carbonyl (C=O) groups excluding carboxylic acids is 3. The second-order valence-corrected chi connectivity index (χ2v) is 7.84. The number of thiocarbonyl (C=S) groups is 1. The van der Waals surface area contributed by atoms with E-state index < -0.39 is 0 Å². The molecule has 3 heterocycles. The quantitative estimate of drug-likeness (QED) is 0.530. The van der Waals surface area contributed by atoms with Gasteiger partial charge in [0.25, 0.3) is 5.91 Å². The van der Waals surface area contributed by atoms with E-state index in [1.165, 1.54) is 22.9 Å². The molecule has 0 atom stereocenters. The largest absolute Gasteiger partial charge is 0.465 e. The summed E-state index contributed by atoms with van der Waals surface area (Å²) in [6.07, 6.45) is 3.01. The Hall–Kier alpha value is -2.33. The van der Waals surface area contributed by atoms with Crippen molar-refractivity contribution in [2.75, 3.05) is 39.3 Å². The fourth-order valence-electron chi connectivity index (χ4n) is 2.91. The van der Waals surface area contributed by atoms with E-state index in [1.54, 1.807) is 34.9 Å². The molecule has 0 bridgehead atoms. The van der Waals surface area contributed by atoms with Gasteiger partial charge in [0.15, 0.2) is 0 Å². The predicted octanol–water partition coefficient (Wildman–Crippen LogP) is 2.17. The van der Waals surface area contributed by atoms with Crippen LogP contribution in [0.4, 0.5) is 4.79 Å². The maximum absolute atomic E-state index is 12.5. The van der Waals surface area contributed by atoms with Crippen LogP contribution in [0.15, 0.2) is 27.7 Å². The molecular weight excluding hydrogens is 402 g/mol. The molecular formula is C18H21N3O5S2. The van der Waals surface area contributed by atoms with E-state index in [0.717, 1.165) is 0 Å². The molecule has 0 radical (unpaired) electrons. The summed E-state index contributed by atoms with van der Waals surface area (Å²) in [5.74, 6) is 0.301. The van der Waals surface area contributed by atoms with Gasteiger partial charge in [-0.2, -0.15) is 0 Å². The van der Waals surface area contributed by atoms with Crippen molar-refractivity contribution in [3.05, 3.63) is 29.1 Å². The van der Waals surface area contributed by atoms with Gasteiger partial charge in [0, 0.05) is 45.2 Å². The van der Waals surface area contributed by atoms with Crippen LogP contribution in [0.3, 0.4) is 0 Å². The van der Waals surface area contributed by atoms with Crippen molar-refractivity contribution >= 4 is 52.3 Å². The molecule has 0 N–H and O–H groups in total. The van der Waals surface area contributed by atoms with Crippen LogP contribution in [0.1, 0.15) is 19.1 Å². The maximum atomic E-state index is 12.5. The van der Waals surface area contributed by atoms with Crippen LogP contribution in [-0.4, -0.2) is 76.3 Å². The molecule has 3 amide bonds. The highest BCUT2D eigenvalue weighted by atomic mass is 32.2. The van der Waals surface area contributed by atoms with Gasteiger partial charge in [-0.3, -0.25) is 14.5 Å². The van der Waals surface area contributed by atoms with Crippen molar-refractivity contribution in [2.24, 2.45) is 0 Å². The van der Waals surface area contributed by atoms with Crippen molar-refractivity contribution in [3.63, 3.8) is 0 Å². The predicted molar refractivity (Wildman–Crippen MR) is 108 cm³/mol. The second kappa shape index (κ2) is 9.24. The van der Waals surface area contributed by atoms with E-state index in [1.807, 2.05) is 0 Å². The molecule has 0 aromatic carbocycles. The normalized spacial score (nSPS) is 18.9. The molecule has 1 aromatic rings. The summed E-state index contributed by atoms with van der Waals surface area (Å²) >= 11 is 6.48. The van der Waals surface area contributed by atoms with E-state index in [0.29, 0.717) is 47.8 Å². The summed E-state index contributed by atoms with van der Waals surface area (Å²) in [4.78, 5) is 42.0. The van der Waals surface area contributed by atoms with Crippen molar-refractivity contribution in [1.29, 1.82) is 0 Å². The molecule has 8 nitrogen and oxygen atoms in total. The van der Waals surface area contributed by atoms with Crippen LogP contribution >= 0.6 is 24.0 Å². The molecule has 0 unspecified atom stereocenters. The zero-order chi connectivity index (χ0) is 20.1. The third-order valence-electron chi connectivity index (χ3n) is 4.40. The minimum absolute atomic E-state index is 0.0624. The first-order valence-corrected chi connectivity index (χ1v) is 10.2. The van der Waals surface area contributed by atoms with Crippen molar-refractivity contribution in [2.45, 2.75) is 13.3 Å². The number of carbonyl (C=O) groups is 3. The van der Waals surface area contributed by atoms with Crippen LogP contribution in [0, 0.1) is 0 Å². The summed E-state index contributed by atoms with van der Waals surface area (Å²) in [7, 11) is 0. The lowest BCUT2D eigenvalue weighted by Crippen LogP contribution is -2.51. The lowest BCUT2D eigenvalue weighted by atomic mass is 10.2. The van der Waals surface area contributed by atoms with Gasteiger partial charge in [-0.1, -0.05) is 24.0 Å². The molecule has 150 valence electrons. The third kappa shape index (κ3) is 4.74. The number of ether oxygens (including phenoxy) is 1. The Morgan fingerprint density at radius 2 is 2.00 bits per heavy atom. The molecule has 2 aliphatic rings. The summed E-state index contributed by atoms with van der Waals surface area (Å²) in [5.41, 5.74) is 0. The molecule has 2 saturated heterocycles. The molecule has 28 heavy (non-hydrogen) atoms. The number of piperazine rings is 1. The molecule has 2 aliphatic heterocycles. The number of amides is 3. The van der Waals surface area contributed by atoms with Crippen molar-refractivity contribution in [1.82, 2.24) is 14.7 Å². The fourth-order valence-corrected chi connectivity index (χ4v) is 4.20. The van der Waals surface area contributed by atoms with Gasteiger partial charge in [-0.15, -0.1) is 0 Å². The van der Waals surface area contributed by atoms with Gasteiger partial charge in [0.05, 0.1) is 17.8 Å². The number of hydrogen-bond donors (Lipinski definition) is 0. The van der Waals surface area contributed by atoms with Crippen molar-refractivity contribution < 1.29 is 23.5 Å². The first-order chi connectivity index (χ1) is 13.5. The summed E-state index contributed by atoms with van der Waals surface area (Å²) in [6, 6.07) is 3.50. The SMILES string of the molecule is CCOC(=O)N1CCN(C(=O)CCN2C(=O)/C(=C\c3ccco3)SC2=S)CC1. The fraction of sp³-hybridized carbons (Fsp3) is 0.444. The Balaban J connectivity index is 1.49. The smallest absolute Gasteiger partial charge is 0.409 e. The molecule has 0 aliphatic carbocycles. The van der Waals surface area contributed by atoms with Crippen LogP contribution in [-0.2, 0) is 14.3 Å².